The van der Waals surface area contributed by atoms with Gasteiger partial charge < -0.3 is 5.32 Å². The summed E-state index contributed by atoms with van der Waals surface area (Å²) in [5, 5.41) is 5.59. The number of carbonyl (C=O) groups excluding carboxylic acids is 2. The number of thiophene rings is 1. The third-order valence-corrected chi connectivity index (χ3v) is 6.41. The zero-order chi connectivity index (χ0) is 21.4. The SMILES string of the molecule is Cc1ccc(N2C(=O)C(Nc3ccc(C(C)C)cc3)=C(c3cccs3)C2=O)cc1Cl. The first-order chi connectivity index (χ1) is 14.4. The van der Waals surface area contributed by atoms with Crippen LogP contribution in [-0.4, -0.2) is 11.8 Å². The predicted molar refractivity (Wildman–Crippen MR) is 124 cm³/mol. The predicted octanol–water partition coefficient (Wildman–Crippen LogP) is 6.23. The number of nitrogens with one attached hydrogen (secondary N) is 1. The van der Waals surface area contributed by atoms with Crippen LogP contribution in [0.15, 0.2) is 65.7 Å². The number of benzene rings is 2. The molecule has 0 unspecified atom stereocenters. The molecule has 1 aliphatic rings. The molecule has 1 N–H and O–H groups in total. The van der Waals surface area contributed by atoms with E-state index in [4.69, 9.17) is 11.6 Å². The standard InChI is InChI=1S/C24H21ClN2O2S/c1-14(2)16-7-9-17(10-8-16)26-22-21(20-5-4-12-30-20)23(28)27(24(22)29)18-11-6-15(3)19(25)13-18/h4-14,26H,1-3H3. The van der Waals surface area contributed by atoms with Crippen LogP contribution in [0.2, 0.25) is 5.02 Å². The second-order valence-electron chi connectivity index (χ2n) is 7.51. The lowest BCUT2D eigenvalue weighted by Crippen LogP contribution is -2.32. The minimum atomic E-state index is -0.392. The topological polar surface area (TPSA) is 49.4 Å². The average Bonchev–Trinajstić information content (AvgIpc) is 3.32. The molecule has 2 aromatic carbocycles. The Morgan fingerprint density at radius 1 is 1.00 bits per heavy atom. The Morgan fingerprint density at radius 3 is 2.33 bits per heavy atom. The van der Waals surface area contributed by atoms with Crippen LogP contribution < -0.4 is 10.2 Å². The molecule has 0 spiro atoms. The molecule has 0 fully saturated rings. The van der Waals surface area contributed by atoms with Gasteiger partial charge in [-0.25, -0.2) is 4.90 Å². The van der Waals surface area contributed by atoms with Gasteiger partial charge in [0.1, 0.15) is 5.70 Å². The fourth-order valence-corrected chi connectivity index (χ4v) is 4.29. The molecule has 0 atom stereocenters. The molecular weight excluding hydrogens is 416 g/mol. The zero-order valence-electron chi connectivity index (χ0n) is 16.9. The lowest BCUT2D eigenvalue weighted by atomic mass is 10.0. The van der Waals surface area contributed by atoms with Crippen LogP contribution in [0.25, 0.3) is 5.57 Å². The maximum atomic E-state index is 13.3. The summed E-state index contributed by atoms with van der Waals surface area (Å²) in [7, 11) is 0. The molecule has 2 amide bonds. The van der Waals surface area contributed by atoms with Gasteiger partial charge in [-0.15, -0.1) is 11.3 Å². The summed E-state index contributed by atoms with van der Waals surface area (Å²) in [5.74, 6) is -0.337. The number of halogens is 1. The van der Waals surface area contributed by atoms with Crippen molar-refractivity contribution in [1.29, 1.82) is 0 Å². The number of rotatable bonds is 5. The second kappa shape index (κ2) is 8.09. The summed E-state index contributed by atoms with van der Waals surface area (Å²) in [6.07, 6.45) is 0. The van der Waals surface area contributed by atoms with Crippen molar-refractivity contribution in [2.75, 3.05) is 10.2 Å². The lowest BCUT2D eigenvalue weighted by Gasteiger charge is -2.16. The number of hydrogen-bond donors (Lipinski definition) is 1. The van der Waals surface area contributed by atoms with Crippen molar-refractivity contribution >= 4 is 51.7 Å². The number of nitrogens with zero attached hydrogens (tertiary/aromatic N) is 1. The van der Waals surface area contributed by atoms with Gasteiger partial charge in [0.15, 0.2) is 0 Å². The van der Waals surface area contributed by atoms with E-state index in [0.29, 0.717) is 22.2 Å². The van der Waals surface area contributed by atoms with Gasteiger partial charge in [-0.3, -0.25) is 9.59 Å². The molecule has 6 heteroatoms. The molecule has 0 saturated heterocycles. The van der Waals surface area contributed by atoms with Gasteiger partial charge in [-0.1, -0.05) is 49.7 Å². The summed E-state index contributed by atoms with van der Waals surface area (Å²) in [5.41, 5.74) is 3.96. The first-order valence-electron chi connectivity index (χ1n) is 9.67. The lowest BCUT2D eigenvalue weighted by molar-refractivity contribution is -0.120. The Bertz CT molecular complexity index is 1150. The van der Waals surface area contributed by atoms with Gasteiger partial charge in [0, 0.05) is 15.6 Å². The fourth-order valence-electron chi connectivity index (χ4n) is 3.35. The monoisotopic (exact) mass is 436 g/mol. The normalized spacial score (nSPS) is 14.2. The maximum absolute atomic E-state index is 13.3. The van der Waals surface area contributed by atoms with E-state index in [1.807, 2.05) is 48.7 Å². The van der Waals surface area contributed by atoms with E-state index in [-0.39, 0.29) is 11.6 Å². The van der Waals surface area contributed by atoms with E-state index in [1.54, 1.807) is 18.2 Å². The van der Waals surface area contributed by atoms with Crippen LogP contribution in [0.5, 0.6) is 0 Å². The Hall–Kier alpha value is -2.89. The first kappa shape index (κ1) is 20.4. The van der Waals surface area contributed by atoms with Crippen molar-refractivity contribution in [3.05, 3.63) is 86.7 Å². The van der Waals surface area contributed by atoms with Crippen molar-refractivity contribution in [3.63, 3.8) is 0 Å². The Kier molecular flexibility index (Phi) is 5.50. The molecule has 0 bridgehead atoms. The van der Waals surface area contributed by atoms with E-state index < -0.39 is 5.91 Å². The Balaban J connectivity index is 1.75. The van der Waals surface area contributed by atoms with Gasteiger partial charge in [0.2, 0.25) is 0 Å². The smallest absolute Gasteiger partial charge is 0.282 e. The number of carbonyl (C=O) groups is 2. The average molecular weight is 437 g/mol. The van der Waals surface area contributed by atoms with Crippen molar-refractivity contribution in [2.45, 2.75) is 26.7 Å². The highest BCUT2D eigenvalue weighted by atomic mass is 35.5. The quantitative estimate of drug-likeness (QED) is 0.482. The molecule has 0 radical (unpaired) electrons. The Morgan fingerprint density at radius 2 is 1.73 bits per heavy atom. The number of amides is 2. The first-order valence-corrected chi connectivity index (χ1v) is 10.9. The van der Waals surface area contributed by atoms with Crippen LogP contribution in [-0.2, 0) is 9.59 Å². The highest BCUT2D eigenvalue weighted by Gasteiger charge is 2.40. The summed E-state index contributed by atoms with van der Waals surface area (Å²) in [4.78, 5) is 28.6. The van der Waals surface area contributed by atoms with Gasteiger partial charge in [-0.2, -0.15) is 0 Å². The van der Waals surface area contributed by atoms with Crippen molar-refractivity contribution in [2.24, 2.45) is 0 Å². The molecule has 4 nitrogen and oxygen atoms in total. The van der Waals surface area contributed by atoms with Crippen LogP contribution in [0, 0.1) is 6.92 Å². The van der Waals surface area contributed by atoms with Crippen molar-refractivity contribution in [3.8, 4) is 0 Å². The van der Waals surface area contributed by atoms with E-state index in [0.717, 1.165) is 16.1 Å². The van der Waals surface area contributed by atoms with Gasteiger partial charge in [0.25, 0.3) is 11.8 Å². The van der Waals surface area contributed by atoms with Gasteiger partial charge in [0.05, 0.1) is 11.3 Å². The largest absolute Gasteiger partial charge is 0.350 e. The van der Waals surface area contributed by atoms with Gasteiger partial charge in [-0.05, 0) is 59.7 Å². The summed E-state index contributed by atoms with van der Waals surface area (Å²) in [6.45, 7) is 6.14. The molecule has 1 aliphatic heterocycles. The van der Waals surface area contributed by atoms with Crippen molar-refractivity contribution < 1.29 is 9.59 Å². The zero-order valence-corrected chi connectivity index (χ0v) is 18.5. The Labute approximate surface area is 184 Å². The molecule has 152 valence electrons. The molecular formula is C24H21ClN2O2S. The molecule has 1 aromatic heterocycles. The number of aryl methyl sites for hydroxylation is 1. The highest BCUT2D eigenvalue weighted by molar-refractivity contribution is 7.11. The van der Waals surface area contributed by atoms with Gasteiger partial charge >= 0.3 is 0 Å². The summed E-state index contributed by atoms with van der Waals surface area (Å²) in [6, 6.07) is 16.8. The van der Waals surface area contributed by atoms with E-state index in [2.05, 4.69) is 19.2 Å². The maximum Gasteiger partial charge on any atom is 0.282 e. The van der Waals surface area contributed by atoms with E-state index in [1.165, 1.54) is 21.8 Å². The summed E-state index contributed by atoms with van der Waals surface area (Å²) < 4.78 is 0. The highest BCUT2D eigenvalue weighted by Crippen LogP contribution is 2.36. The molecule has 30 heavy (non-hydrogen) atoms. The van der Waals surface area contributed by atoms with Crippen LogP contribution in [0.1, 0.15) is 35.8 Å². The van der Waals surface area contributed by atoms with E-state index >= 15 is 0 Å². The third kappa shape index (κ3) is 3.66. The number of anilines is 2. The fraction of sp³-hybridized carbons (Fsp3) is 0.167. The van der Waals surface area contributed by atoms with Crippen LogP contribution in [0.4, 0.5) is 11.4 Å². The number of hydrogen-bond acceptors (Lipinski definition) is 4. The minimum absolute atomic E-state index is 0.274. The van der Waals surface area contributed by atoms with E-state index in [9.17, 15) is 9.59 Å². The van der Waals surface area contributed by atoms with Crippen molar-refractivity contribution in [1.82, 2.24) is 0 Å². The second-order valence-corrected chi connectivity index (χ2v) is 8.86. The molecule has 4 rings (SSSR count). The molecule has 0 saturated carbocycles. The number of imide groups is 1. The van der Waals surface area contributed by atoms with Crippen LogP contribution >= 0.6 is 22.9 Å². The third-order valence-electron chi connectivity index (χ3n) is 5.11. The minimum Gasteiger partial charge on any atom is -0.350 e. The van der Waals surface area contributed by atoms with Crippen LogP contribution in [0.3, 0.4) is 0 Å². The molecule has 2 heterocycles. The molecule has 3 aromatic rings. The summed E-state index contributed by atoms with van der Waals surface area (Å²) >= 11 is 7.68. The molecule has 0 aliphatic carbocycles.